The lowest BCUT2D eigenvalue weighted by atomic mass is 10.1. The molecule has 0 amide bonds. The maximum absolute atomic E-state index is 10.4. The van der Waals surface area contributed by atoms with Gasteiger partial charge in [-0.3, -0.25) is 0 Å². The highest BCUT2D eigenvalue weighted by Crippen LogP contribution is 2.22. The second-order valence-electron chi connectivity index (χ2n) is 5.06. The number of hydrogen-bond donors (Lipinski definition) is 0. The predicted octanol–water partition coefficient (Wildman–Crippen LogP) is 10.0. The van der Waals surface area contributed by atoms with Crippen molar-refractivity contribution in [1.29, 1.82) is 0 Å². The largest absolute Gasteiger partial charge is 0.493 e. The summed E-state index contributed by atoms with van der Waals surface area (Å²) >= 11 is 0. The molecule has 0 radical (unpaired) electrons. The fraction of sp³-hybridized carbons (Fsp3) is 1.00. The molecule has 4 heteroatoms. The third-order valence-corrected chi connectivity index (χ3v) is 5.08. The van der Waals surface area contributed by atoms with E-state index in [4.69, 9.17) is 4.21 Å². The maximum atomic E-state index is 10.4. The van der Waals surface area contributed by atoms with Gasteiger partial charge in [0.25, 0.3) is 8.32 Å². The first kappa shape index (κ1) is 56.7. The lowest BCUT2D eigenvalue weighted by Crippen LogP contribution is -2.20. The topological polar surface area (TPSA) is 26.3 Å². The van der Waals surface area contributed by atoms with Crippen LogP contribution in [0.15, 0.2) is 0 Å². The Morgan fingerprint density at radius 1 is 0.696 bits per heavy atom. The maximum Gasteiger partial charge on any atom is 0.493 e. The standard InChI is InChI=1S/C8H18.C4H12O2PSi.7CH4/c1-3-5-7-8-6-4-2;1-7(5)6-8(2,3)4;;;;;;;/h3-8H2,1-2H3;1-4H3;7*1H4/q;+1;;;;;;;. The highest BCUT2D eigenvalue weighted by molar-refractivity contribution is 7.40. The van der Waals surface area contributed by atoms with Gasteiger partial charge in [-0.25, -0.2) is 4.21 Å². The van der Waals surface area contributed by atoms with Crippen molar-refractivity contribution in [2.45, 2.75) is 124 Å². The second-order valence-corrected chi connectivity index (χ2v) is 10.9. The summed E-state index contributed by atoms with van der Waals surface area (Å²) in [6.07, 6.45) is 8.49. The molecule has 2 nitrogen and oxygen atoms in total. The molecule has 0 aromatic carbocycles. The summed E-state index contributed by atoms with van der Waals surface area (Å²) in [5.74, 6) is 0. The molecule has 0 N–H and O–H groups in total. The summed E-state index contributed by atoms with van der Waals surface area (Å²) in [5.41, 5.74) is 0. The van der Waals surface area contributed by atoms with E-state index >= 15 is 0 Å². The fourth-order valence-electron chi connectivity index (χ4n) is 1.24. The zero-order chi connectivity index (χ0) is 13.0. The van der Waals surface area contributed by atoms with E-state index in [0.717, 1.165) is 0 Å². The molecule has 0 saturated carbocycles. The van der Waals surface area contributed by atoms with Crippen molar-refractivity contribution < 1.29 is 8.78 Å². The summed E-state index contributed by atoms with van der Waals surface area (Å²) in [6.45, 7) is 12.2. The van der Waals surface area contributed by atoms with E-state index in [-0.39, 0.29) is 52.0 Å². The zero-order valence-electron chi connectivity index (χ0n) is 12.0. The Kier molecular flexibility index (Phi) is 93.8. The first-order chi connectivity index (χ1) is 7.33. The fourth-order valence-corrected chi connectivity index (χ4v) is 4.32. The molecule has 0 fully saturated rings. The van der Waals surface area contributed by atoms with Crippen molar-refractivity contribution in [3.05, 3.63) is 0 Å². The normalized spacial score (nSPS) is 8.17. The Hall–Kier alpha value is 0.277. The lowest BCUT2D eigenvalue weighted by molar-refractivity contribution is 0.510. The van der Waals surface area contributed by atoms with Gasteiger partial charge in [-0.1, -0.05) is 104 Å². The van der Waals surface area contributed by atoms with Crippen LogP contribution in [0.2, 0.25) is 19.6 Å². The average Bonchev–Trinajstić information content (AvgIpc) is 2.09. The summed E-state index contributed by atoms with van der Waals surface area (Å²) in [5, 5.41) is 0. The third-order valence-electron chi connectivity index (χ3n) is 1.86. The summed E-state index contributed by atoms with van der Waals surface area (Å²) < 4.78 is 15.5. The Morgan fingerprint density at radius 2 is 0.957 bits per heavy atom. The van der Waals surface area contributed by atoms with Gasteiger partial charge in [0.1, 0.15) is 0 Å². The molecule has 0 aromatic heterocycles. The van der Waals surface area contributed by atoms with Gasteiger partial charge in [0.05, 0.1) is 0 Å². The number of unbranched alkanes of at least 4 members (excludes halogenated alkanes) is 5. The number of rotatable bonds is 7. The SMILES string of the molecule is C.C.C.C.C.C.C.CCCCCCCC.C[P+](=O)O[Si](C)(C)C. The van der Waals surface area contributed by atoms with Gasteiger partial charge in [-0.15, -0.1) is 0 Å². The minimum atomic E-state index is -1.50. The van der Waals surface area contributed by atoms with Crippen molar-refractivity contribution in [2.75, 3.05) is 6.66 Å². The molecule has 0 aliphatic heterocycles. The van der Waals surface area contributed by atoms with E-state index in [0.29, 0.717) is 0 Å². The molecular formula is C19H58O2PSi+. The molecule has 0 saturated heterocycles. The van der Waals surface area contributed by atoms with Crippen molar-refractivity contribution >= 4 is 16.3 Å². The lowest BCUT2D eigenvalue weighted by Gasteiger charge is -2.03. The Morgan fingerprint density at radius 3 is 1.04 bits per heavy atom. The van der Waals surface area contributed by atoms with Crippen molar-refractivity contribution in [1.82, 2.24) is 0 Å². The monoisotopic (exact) mass is 377 g/mol. The van der Waals surface area contributed by atoms with Crippen molar-refractivity contribution in [3.8, 4) is 0 Å². The van der Waals surface area contributed by atoms with Gasteiger partial charge in [0.2, 0.25) is 0 Å². The highest BCUT2D eigenvalue weighted by Gasteiger charge is 2.25. The average molecular weight is 378 g/mol. The van der Waals surface area contributed by atoms with Crippen LogP contribution in [0.25, 0.3) is 0 Å². The smallest absolute Gasteiger partial charge is 0.203 e. The van der Waals surface area contributed by atoms with Crippen LogP contribution >= 0.6 is 8.03 Å². The van der Waals surface area contributed by atoms with E-state index in [1.54, 1.807) is 6.66 Å². The quantitative estimate of drug-likeness (QED) is 0.250. The van der Waals surface area contributed by atoms with Crippen molar-refractivity contribution in [2.24, 2.45) is 0 Å². The van der Waals surface area contributed by atoms with Crippen LogP contribution in [0.5, 0.6) is 0 Å². The molecule has 0 aliphatic carbocycles. The van der Waals surface area contributed by atoms with Gasteiger partial charge < -0.3 is 0 Å². The van der Waals surface area contributed by atoms with Gasteiger partial charge in [-0.2, -0.15) is 0 Å². The van der Waals surface area contributed by atoms with E-state index in [9.17, 15) is 4.57 Å². The number of hydrogen-bond acceptors (Lipinski definition) is 2. The van der Waals surface area contributed by atoms with Crippen LogP contribution in [-0.4, -0.2) is 15.0 Å². The predicted molar refractivity (Wildman–Crippen MR) is 124 cm³/mol. The Balaban J connectivity index is -0.0000000187. The minimum absolute atomic E-state index is 0. The van der Waals surface area contributed by atoms with Crippen LogP contribution in [0.1, 0.15) is 104 Å². The van der Waals surface area contributed by atoms with E-state index in [2.05, 4.69) is 13.8 Å². The van der Waals surface area contributed by atoms with Crippen LogP contribution in [-0.2, 0) is 8.78 Å². The molecule has 0 rings (SSSR count). The molecule has 0 heterocycles. The summed E-state index contributed by atoms with van der Waals surface area (Å²) in [6, 6.07) is 0. The molecule has 0 bridgehead atoms. The Labute approximate surface area is 156 Å². The van der Waals surface area contributed by atoms with E-state index < -0.39 is 16.3 Å². The molecule has 154 valence electrons. The first-order valence-electron chi connectivity index (χ1n) is 6.43. The first-order valence-corrected chi connectivity index (χ1v) is 11.5. The van der Waals surface area contributed by atoms with Crippen LogP contribution in [0.3, 0.4) is 0 Å². The molecule has 1 atom stereocenters. The Bertz CT molecular complexity index is 163. The van der Waals surface area contributed by atoms with Gasteiger partial charge in [0, 0.05) is 0 Å². The van der Waals surface area contributed by atoms with Gasteiger partial charge in [0.15, 0.2) is 6.66 Å². The van der Waals surface area contributed by atoms with Crippen LogP contribution in [0.4, 0.5) is 0 Å². The molecule has 0 aliphatic rings. The molecule has 23 heavy (non-hydrogen) atoms. The minimum Gasteiger partial charge on any atom is -0.203 e. The zero-order valence-corrected chi connectivity index (χ0v) is 13.9. The van der Waals surface area contributed by atoms with Crippen LogP contribution < -0.4 is 0 Å². The second kappa shape index (κ2) is 38.1. The van der Waals surface area contributed by atoms with Crippen LogP contribution in [0, 0.1) is 0 Å². The third kappa shape index (κ3) is 86.7. The molecule has 0 spiro atoms. The van der Waals surface area contributed by atoms with Gasteiger partial charge >= 0.3 is 8.03 Å². The van der Waals surface area contributed by atoms with Crippen molar-refractivity contribution in [3.63, 3.8) is 0 Å². The molecule has 1 unspecified atom stereocenters. The summed E-state index contributed by atoms with van der Waals surface area (Å²) in [4.78, 5) is 0. The van der Waals surface area contributed by atoms with E-state index in [1.165, 1.54) is 38.5 Å². The summed E-state index contributed by atoms with van der Waals surface area (Å²) in [7, 11) is -2.88. The highest BCUT2D eigenvalue weighted by atomic mass is 31.1. The molecular weight excluding hydrogens is 319 g/mol. The van der Waals surface area contributed by atoms with Gasteiger partial charge in [-0.05, 0) is 24.2 Å². The molecule has 0 aromatic rings. The van der Waals surface area contributed by atoms with E-state index in [1.807, 2.05) is 19.6 Å².